The maximum Gasteiger partial charge on any atom is 0.0714 e. The monoisotopic (exact) mass is 271 g/mol. The molecule has 0 aromatic carbocycles. The van der Waals surface area contributed by atoms with E-state index in [1.807, 2.05) is 0 Å². The van der Waals surface area contributed by atoms with Crippen LogP contribution in [-0.2, 0) is 4.74 Å². The second-order valence-corrected chi connectivity index (χ2v) is 5.99. The van der Waals surface area contributed by atoms with Gasteiger partial charge in [-0.1, -0.05) is 20.8 Å². The van der Waals surface area contributed by atoms with Gasteiger partial charge < -0.3 is 15.0 Å². The number of hydrogen-bond donors (Lipinski definition) is 1. The van der Waals surface area contributed by atoms with Crippen molar-refractivity contribution in [2.75, 3.05) is 52.9 Å². The molecule has 0 aromatic rings. The molecule has 4 heteroatoms. The lowest BCUT2D eigenvalue weighted by Gasteiger charge is -2.34. The number of morpholine rings is 1. The van der Waals surface area contributed by atoms with E-state index in [-0.39, 0.29) is 0 Å². The van der Waals surface area contributed by atoms with Gasteiger partial charge in [0, 0.05) is 32.2 Å². The number of rotatable bonds is 9. The lowest BCUT2D eigenvalue weighted by molar-refractivity contribution is -0.0332. The molecule has 0 unspecified atom stereocenters. The highest BCUT2D eigenvalue weighted by molar-refractivity contribution is 4.73. The molecular formula is C15H33N3O. The molecule has 1 N–H and O–H groups in total. The Labute approximate surface area is 119 Å². The van der Waals surface area contributed by atoms with Crippen molar-refractivity contribution in [2.24, 2.45) is 0 Å². The Kier molecular flexibility index (Phi) is 8.62. The highest BCUT2D eigenvalue weighted by Gasteiger charge is 2.20. The van der Waals surface area contributed by atoms with Crippen LogP contribution in [0.5, 0.6) is 0 Å². The number of hydrogen-bond acceptors (Lipinski definition) is 4. The van der Waals surface area contributed by atoms with Crippen LogP contribution in [0.4, 0.5) is 0 Å². The second-order valence-electron chi connectivity index (χ2n) is 5.99. The average Bonchev–Trinajstić information content (AvgIpc) is 2.37. The van der Waals surface area contributed by atoms with Gasteiger partial charge in [0.15, 0.2) is 0 Å². The predicted molar refractivity (Wildman–Crippen MR) is 81.7 cm³/mol. The van der Waals surface area contributed by atoms with Gasteiger partial charge in [-0.05, 0) is 33.0 Å². The van der Waals surface area contributed by atoms with Gasteiger partial charge in [-0.3, -0.25) is 4.90 Å². The van der Waals surface area contributed by atoms with Crippen LogP contribution in [0.15, 0.2) is 0 Å². The molecule has 1 heterocycles. The Balaban J connectivity index is 2.15. The fraction of sp³-hybridized carbons (Fsp3) is 1.00. The molecule has 0 spiro atoms. The third-order valence-electron chi connectivity index (χ3n) is 3.65. The van der Waals surface area contributed by atoms with Crippen LogP contribution < -0.4 is 5.32 Å². The number of nitrogens with one attached hydrogen (secondary N) is 1. The molecule has 1 rings (SSSR count). The Bertz CT molecular complexity index is 223. The van der Waals surface area contributed by atoms with Gasteiger partial charge in [-0.15, -0.1) is 0 Å². The van der Waals surface area contributed by atoms with Crippen LogP contribution in [-0.4, -0.2) is 74.9 Å². The number of likely N-dealkylation sites (N-methyl/N-ethyl adjacent to an activating group) is 1. The molecule has 0 amide bonds. The molecule has 0 aromatic heterocycles. The number of ether oxygens (including phenoxy) is 1. The van der Waals surface area contributed by atoms with E-state index in [1.54, 1.807) is 0 Å². The summed E-state index contributed by atoms with van der Waals surface area (Å²) in [7, 11) is 2.22. The summed E-state index contributed by atoms with van der Waals surface area (Å²) in [5.41, 5.74) is 0. The normalized spacial score (nSPS) is 21.5. The Morgan fingerprint density at radius 2 is 2.16 bits per heavy atom. The minimum absolute atomic E-state index is 0.413. The van der Waals surface area contributed by atoms with Crippen LogP contribution in [0.2, 0.25) is 0 Å². The first kappa shape index (κ1) is 16.9. The smallest absolute Gasteiger partial charge is 0.0714 e. The summed E-state index contributed by atoms with van der Waals surface area (Å²) in [6.07, 6.45) is 2.78. The molecule has 114 valence electrons. The predicted octanol–water partition coefficient (Wildman–Crippen LogP) is 1.42. The van der Waals surface area contributed by atoms with Gasteiger partial charge in [0.1, 0.15) is 0 Å². The third kappa shape index (κ3) is 7.88. The van der Waals surface area contributed by atoms with E-state index in [1.165, 1.54) is 26.1 Å². The SMILES string of the molecule is CCCN(C)CCN1CCO[C@@H](CCNC(C)C)C1. The highest BCUT2D eigenvalue weighted by atomic mass is 16.5. The van der Waals surface area contributed by atoms with E-state index in [9.17, 15) is 0 Å². The zero-order valence-corrected chi connectivity index (χ0v) is 13.3. The summed E-state index contributed by atoms with van der Waals surface area (Å²) < 4.78 is 5.85. The van der Waals surface area contributed by atoms with Crippen molar-refractivity contribution in [3.63, 3.8) is 0 Å². The third-order valence-corrected chi connectivity index (χ3v) is 3.65. The van der Waals surface area contributed by atoms with E-state index in [0.717, 1.165) is 32.7 Å². The van der Waals surface area contributed by atoms with E-state index < -0.39 is 0 Å². The second kappa shape index (κ2) is 9.70. The molecule has 1 atom stereocenters. The van der Waals surface area contributed by atoms with Crippen molar-refractivity contribution < 1.29 is 4.74 Å². The largest absolute Gasteiger partial charge is 0.376 e. The molecule has 1 saturated heterocycles. The van der Waals surface area contributed by atoms with Gasteiger partial charge in [-0.25, -0.2) is 0 Å². The van der Waals surface area contributed by atoms with E-state index in [2.05, 4.69) is 42.9 Å². The van der Waals surface area contributed by atoms with Gasteiger partial charge in [-0.2, -0.15) is 0 Å². The maximum atomic E-state index is 5.85. The summed E-state index contributed by atoms with van der Waals surface area (Å²) in [4.78, 5) is 4.97. The zero-order chi connectivity index (χ0) is 14.1. The first-order valence-corrected chi connectivity index (χ1v) is 7.87. The summed E-state index contributed by atoms with van der Waals surface area (Å²) >= 11 is 0. The van der Waals surface area contributed by atoms with Gasteiger partial charge in [0.25, 0.3) is 0 Å². The van der Waals surface area contributed by atoms with Crippen LogP contribution in [0.1, 0.15) is 33.6 Å². The van der Waals surface area contributed by atoms with Crippen molar-refractivity contribution in [1.82, 2.24) is 15.1 Å². The average molecular weight is 271 g/mol. The van der Waals surface area contributed by atoms with Gasteiger partial charge in [0.2, 0.25) is 0 Å². The molecule has 0 aliphatic carbocycles. The summed E-state index contributed by atoms with van der Waals surface area (Å²) in [5, 5.41) is 3.47. The van der Waals surface area contributed by atoms with Crippen molar-refractivity contribution in [3.8, 4) is 0 Å². The molecular weight excluding hydrogens is 238 g/mol. The fourth-order valence-corrected chi connectivity index (χ4v) is 2.50. The van der Waals surface area contributed by atoms with Crippen LogP contribution in [0.25, 0.3) is 0 Å². The Morgan fingerprint density at radius 1 is 1.37 bits per heavy atom. The molecule has 0 radical (unpaired) electrons. The molecule has 1 aliphatic heterocycles. The Hall–Kier alpha value is -0.160. The van der Waals surface area contributed by atoms with Crippen LogP contribution in [0, 0.1) is 0 Å². The van der Waals surface area contributed by atoms with E-state index in [4.69, 9.17) is 4.74 Å². The van der Waals surface area contributed by atoms with Crippen molar-refractivity contribution in [1.29, 1.82) is 0 Å². The quantitative estimate of drug-likeness (QED) is 0.686. The Morgan fingerprint density at radius 3 is 2.84 bits per heavy atom. The fourth-order valence-electron chi connectivity index (χ4n) is 2.50. The van der Waals surface area contributed by atoms with E-state index >= 15 is 0 Å². The molecule has 1 fully saturated rings. The molecule has 0 bridgehead atoms. The molecule has 19 heavy (non-hydrogen) atoms. The van der Waals surface area contributed by atoms with Crippen LogP contribution in [0.3, 0.4) is 0 Å². The first-order chi connectivity index (χ1) is 9.11. The molecule has 0 saturated carbocycles. The molecule has 4 nitrogen and oxygen atoms in total. The van der Waals surface area contributed by atoms with E-state index in [0.29, 0.717) is 12.1 Å². The lowest BCUT2D eigenvalue weighted by atomic mass is 10.2. The highest BCUT2D eigenvalue weighted by Crippen LogP contribution is 2.08. The van der Waals surface area contributed by atoms with Gasteiger partial charge >= 0.3 is 0 Å². The lowest BCUT2D eigenvalue weighted by Crippen LogP contribution is -2.46. The van der Waals surface area contributed by atoms with Crippen molar-refractivity contribution in [2.45, 2.75) is 45.8 Å². The van der Waals surface area contributed by atoms with Crippen molar-refractivity contribution in [3.05, 3.63) is 0 Å². The molecule has 1 aliphatic rings. The minimum Gasteiger partial charge on any atom is -0.376 e. The summed E-state index contributed by atoms with van der Waals surface area (Å²) in [5.74, 6) is 0. The standard InChI is InChI=1S/C15H33N3O/c1-5-8-17(4)9-10-18-11-12-19-15(13-18)6-7-16-14(2)3/h14-16H,5-13H2,1-4H3/t15-/m0/s1. The minimum atomic E-state index is 0.413. The van der Waals surface area contributed by atoms with Gasteiger partial charge in [0.05, 0.1) is 12.7 Å². The first-order valence-electron chi connectivity index (χ1n) is 7.87. The summed E-state index contributed by atoms with van der Waals surface area (Å²) in [6.45, 7) is 14.3. The summed E-state index contributed by atoms with van der Waals surface area (Å²) in [6, 6.07) is 0.572. The van der Waals surface area contributed by atoms with Crippen LogP contribution >= 0.6 is 0 Å². The number of nitrogens with zero attached hydrogens (tertiary/aromatic N) is 2. The topological polar surface area (TPSA) is 27.7 Å². The zero-order valence-electron chi connectivity index (χ0n) is 13.3. The maximum absolute atomic E-state index is 5.85. The van der Waals surface area contributed by atoms with Crippen molar-refractivity contribution >= 4 is 0 Å².